The van der Waals surface area contributed by atoms with Crippen LogP contribution in [0.4, 0.5) is 0 Å². The second-order valence-electron chi connectivity index (χ2n) is 4.58. The van der Waals surface area contributed by atoms with Crippen LogP contribution in [0.3, 0.4) is 0 Å². The van der Waals surface area contributed by atoms with Crippen molar-refractivity contribution in [2.24, 2.45) is 10.9 Å². The van der Waals surface area contributed by atoms with Gasteiger partial charge >= 0.3 is 0 Å². The van der Waals surface area contributed by atoms with Gasteiger partial charge in [0.05, 0.1) is 0 Å². The predicted molar refractivity (Wildman–Crippen MR) is 76.7 cm³/mol. The maximum absolute atomic E-state index is 11.3. The number of carbonyl (C=O) groups is 1. The van der Waals surface area contributed by atoms with Crippen molar-refractivity contribution in [2.45, 2.75) is 40.0 Å². The minimum Gasteiger partial charge on any atom is -0.356 e. The van der Waals surface area contributed by atoms with Crippen molar-refractivity contribution in [1.29, 1.82) is 0 Å². The molecule has 106 valence electrons. The molecule has 0 aromatic carbocycles. The Hall–Kier alpha value is -1.26. The van der Waals surface area contributed by atoms with Crippen LogP contribution in [0.5, 0.6) is 0 Å². The first kappa shape index (κ1) is 16.7. The van der Waals surface area contributed by atoms with Crippen LogP contribution in [0, 0.1) is 5.92 Å². The standard InChI is InChI=1S/C13H28N4O/c1-5-6-7-8-16-13(14-4)17-10-9-15-12(18)11(2)3/h11H,5-10H2,1-4H3,(H,15,18)(H2,14,16,17). The molecule has 0 saturated heterocycles. The van der Waals surface area contributed by atoms with Gasteiger partial charge in [-0.3, -0.25) is 9.79 Å². The van der Waals surface area contributed by atoms with Gasteiger partial charge in [0.1, 0.15) is 0 Å². The molecule has 0 aliphatic heterocycles. The molecule has 0 bridgehead atoms. The second kappa shape index (κ2) is 10.9. The molecule has 5 heteroatoms. The van der Waals surface area contributed by atoms with Gasteiger partial charge in [0, 0.05) is 32.6 Å². The van der Waals surface area contributed by atoms with Crippen molar-refractivity contribution < 1.29 is 4.79 Å². The summed E-state index contributed by atoms with van der Waals surface area (Å²) in [6.45, 7) is 8.20. The smallest absolute Gasteiger partial charge is 0.222 e. The van der Waals surface area contributed by atoms with E-state index in [9.17, 15) is 4.79 Å². The molecular weight excluding hydrogens is 228 g/mol. The van der Waals surface area contributed by atoms with Gasteiger partial charge in [0.15, 0.2) is 5.96 Å². The molecule has 0 aromatic heterocycles. The summed E-state index contributed by atoms with van der Waals surface area (Å²) < 4.78 is 0. The van der Waals surface area contributed by atoms with Gasteiger partial charge in [-0.1, -0.05) is 33.6 Å². The molecule has 1 amide bonds. The van der Waals surface area contributed by atoms with E-state index in [-0.39, 0.29) is 11.8 Å². The molecule has 0 atom stereocenters. The van der Waals surface area contributed by atoms with Crippen LogP contribution < -0.4 is 16.0 Å². The summed E-state index contributed by atoms with van der Waals surface area (Å²) in [4.78, 5) is 15.4. The number of nitrogens with one attached hydrogen (secondary N) is 3. The van der Waals surface area contributed by atoms with E-state index < -0.39 is 0 Å². The fraction of sp³-hybridized carbons (Fsp3) is 0.846. The summed E-state index contributed by atoms with van der Waals surface area (Å²) in [6, 6.07) is 0. The Balaban J connectivity index is 3.59. The number of rotatable bonds is 8. The van der Waals surface area contributed by atoms with Gasteiger partial charge in [-0.05, 0) is 6.42 Å². The lowest BCUT2D eigenvalue weighted by molar-refractivity contribution is -0.123. The van der Waals surface area contributed by atoms with Crippen LogP contribution in [-0.4, -0.2) is 38.5 Å². The highest BCUT2D eigenvalue weighted by Gasteiger charge is 2.04. The minimum absolute atomic E-state index is 0.0384. The van der Waals surface area contributed by atoms with Crippen molar-refractivity contribution in [2.75, 3.05) is 26.7 Å². The molecule has 18 heavy (non-hydrogen) atoms. The number of guanidine groups is 1. The highest BCUT2D eigenvalue weighted by atomic mass is 16.1. The van der Waals surface area contributed by atoms with E-state index in [2.05, 4.69) is 27.9 Å². The van der Waals surface area contributed by atoms with Gasteiger partial charge < -0.3 is 16.0 Å². The molecule has 3 N–H and O–H groups in total. The van der Waals surface area contributed by atoms with E-state index in [0.717, 1.165) is 18.9 Å². The molecule has 0 aliphatic carbocycles. The van der Waals surface area contributed by atoms with Gasteiger partial charge in [0.25, 0.3) is 0 Å². The first-order chi connectivity index (χ1) is 8.61. The Morgan fingerprint density at radius 1 is 1.06 bits per heavy atom. The second-order valence-corrected chi connectivity index (χ2v) is 4.58. The van der Waals surface area contributed by atoms with E-state index in [0.29, 0.717) is 13.1 Å². The zero-order valence-corrected chi connectivity index (χ0v) is 12.2. The lowest BCUT2D eigenvalue weighted by Gasteiger charge is -2.12. The molecule has 0 fully saturated rings. The number of aliphatic imine (C=N–C) groups is 1. The van der Waals surface area contributed by atoms with Gasteiger partial charge in [-0.15, -0.1) is 0 Å². The molecule has 0 unspecified atom stereocenters. The van der Waals surface area contributed by atoms with Crippen molar-refractivity contribution in [3.8, 4) is 0 Å². The van der Waals surface area contributed by atoms with Gasteiger partial charge in [0.2, 0.25) is 5.91 Å². The third-order valence-electron chi connectivity index (χ3n) is 2.54. The molecule has 0 saturated carbocycles. The minimum atomic E-state index is 0.0384. The average molecular weight is 256 g/mol. The predicted octanol–water partition coefficient (Wildman–Crippen LogP) is 1.11. The van der Waals surface area contributed by atoms with E-state index >= 15 is 0 Å². The summed E-state index contributed by atoms with van der Waals surface area (Å²) >= 11 is 0. The Labute approximate surface area is 111 Å². The van der Waals surface area contributed by atoms with Crippen LogP contribution in [0.15, 0.2) is 4.99 Å². The molecule has 0 radical (unpaired) electrons. The Kier molecular flexibility index (Phi) is 10.1. The first-order valence-electron chi connectivity index (χ1n) is 6.84. The van der Waals surface area contributed by atoms with Gasteiger partial charge in [-0.2, -0.15) is 0 Å². The zero-order chi connectivity index (χ0) is 13.8. The van der Waals surface area contributed by atoms with Crippen LogP contribution in [0.2, 0.25) is 0 Å². The number of hydrogen-bond acceptors (Lipinski definition) is 2. The van der Waals surface area contributed by atoms with Crippen molar-refractivity contribution in [1.82, 2.24) is 16.0 Å². The van der Waals surface area contributed by atoms with Gasteiger partial charge in [-0.25, -0.2) is 0 Å². The van der Waals surface area contributed by atoms with Crippen LogP contribution in [0.1, 0.15) is 40.0 Å². The van der Waals surface area contributed by atoms with Crippen LogP contribution in [0.25, 0.3) is 0 Å². The van der Waals surface area contributed by atoms with Crippen LogP contribution >= 0.6 is 0 Å². The number of carbonyl (C=O) groups excluding carboxylic acids is 1. The van der Waals surface area contributed by atoms with E-state index in [1.54, 1.807) is 7.05 Å². The fourth-order valence-electron chi connectivity index (χ4n) is 1.37. The summed E-state index contributed by atoms with van der Waals surface area (Å²) in [6.07, 6.45) is 3.60. The first-order valence-corrected chi connectivity index (χ1v) is 6.84. The van der Waals surface area contributed by atoms with Crippen molar-refractivity contribution >= 4 is 11.9 Å². The Bertz CT molecular complexity index is 251. The van der Waals surface area contributed by atoms with Crippen molar-refractivity contribution in [3.63, 3.8) is 0 Å². The average Bonchev–Trinajstić information content (AvgIpc) is 2.36. The normalized spacial score (nSPS) is 11.5. The largest absolute Gasteiger partial charge is 0.356 e. The Morgan fingerprint density at radius 3 is 2.22 bits per heavy atom. The number of nitrogens with zero attached hydrogens (tertiary/aromatic N) is 1. The fourth-order valence-corrected chi connectivity index (χ4v) is 1.37. The monoisotopic (exact) mass is 256 g/mol. The number of hydrogen-bond donors (Lipinski definition) is 3. The molecule has 0 spiro atoms. The number of unbranched alkanes of at least 4 members (excludes halogenated alkanes) is 2. The molecule has 0 rings (SSSR count). The molecule has 0 aliphatic rings. The lowest BCUT2D eigenvalue weighted by Crippen LogP contribution is -2.42. The quantitative estimate of drug-likeness (QED) is 0.346. The lowest BCUT2D eigenvalue weighted by atomic mass is 10.2. The maximum atomic E-state index is 11.3. The third-order valence-corrected chi connectivity index (χ3v) is 2.54. The molecule has 5 nitrogen and oxygen atoms in total. The molecule has 0 aromatic rings. The Morgan fingerprint density at radius 2 is 1.67 bits per heavy atom. The third kappa shape index (κ3) is 8.84. The molecular formula is C13H28N4O. The highest BCUT2D eigenvalue weighted by molar-refractivity contribution is 5.80. The maximum Gasteiger partial charge on any atom is 0.222 e. The topological polar surface area (TPSA) is 65.5 Å². The summed E-state index contributed by atoms with van der Waals surface area (Å²) in [5, 5.41) is 9.26. The van der Waals surface area contributed by atoms with E-state index in [1.807, 2.05) is 13.8 Å². The number of amides is 1. The highest BCUT2D eigenvalue weighted by Crippen LogP contribution is 1.91. The van der Waals surface area contributed by atoms with E-state index in [1.165, 1.54) is 12.8 Å². The van der Waals surface area contributed by atoms with Crippen LogP contribution in [-0.2, 0) is 4.79 Å². The summed E-state index contributed by atoms with van der Waals surface area (Å²) in [5.41, 5.74) is 0. The molecule has 0 heterocycles. The summed E-state index contributed by atoms with van der Waals surface area (Å²) in [5.74, 6) is 0.920. The van der Waals surface area contributed by atoms with Crippen molar-refractivity contribution in [3.05, 3.63) is 0 Å². The SMILES string of the molecule is CCCCCNC(=NC)NCCNC(=O)C(C)C. The summed E-state index contributed by atoms with van der Waals surface area (Å²) in [7, 11) is 1.75. The zero-order valence-electron chi connectivity index (χ0n) is 12.2. The van der Waals surface area contributed by atoms with E-state index in [4.69, 9.17) is 0 Å².